The molecule has 0 amide bonds. The van der Waals surface area contributed by atoms with E-state index in [4.69, 9.17) is 28.3 Å². The number of alkyl halides is 2. The Kier molecular flexibility index (Phi) is 3.73. The molecule has 0 unspecified atom stereocenters. The topological polar surface area (TPSA) is 55.1 Å². The first kappa shape index (κ1) is 13.8. The lowest BCUT2D eigenvalue weighted by Crippen LogP contribution is -2.00. The van der Waals surface area contributed by atoms with Gasteiger partial charge in [-0.3, -0.25) is 0 Å². The van der Waals surface area contributed by atoms with E-state index >= 15 is 0 Å². The maximum absolute atomic E-state index is 12.7. The quantitative estimate of drug-likeness (QED) is 0.938. The number of benzene rings is 1. The Balaban J connectivity index is 2.62. The average Bonchev–Trinajstić information content (AvgIpc) is 2.68. The van der Waals surface area contributed by atoms with Crippen molar-refractivity contribution in [1.29, 1.82) is 0 Å². The van der Waals surface area contributed by atoms with Crippen LogP contribution in [0.15, 0.2) is 24.3 Å². The second-order valence-electron chi connectivity index (χ2n) is 3.55. The molecule has 0 aliphatic carbocycles. The number of aromatic carboxylic acids is 1. The smallest absolute Gasteiger partial charge is 0.341 e. The van der Waals surface area contributed by atoms with Crippen LogP contribution in [-0.4, -0.2) is 20.9 Å². The van der Waals surface area contributed by atoms with Crippen LogP contribution in [0.25, 0.3) is 5.69 Å². The third-order valence-corrected chi connectivity index (χ3v) is 2.95. The van der Waals surface area contributed by atoms with E-state index < -0.39 is 23.7 Å². The fourth-order valence-electron chi connectivity index (χ4n) is 1.52. The molecular formula is C11H6Cl2F2N2O2. The Morgan fingerprint density at radius 1 is 1.26 bits per heavy atom. The first-order chi connectivity index (χ1) is 8.91. The van der Waals surface area contributed by atoms with E-state index in [1.165, 1.54) is 24.3 Å². The average molecular weight is 307 g/mol. The summed E-state index contributed by atoms with van der Waals surface area (Å²) in [5.74, 6) is -1.56. The molecule has 0 spiro atoms. The molecule has 0 atom stereocenters. The van der Waals surface area contributed by atoms with Crippen molar-refractivity contribution in [3.05, 3.63) is 45.7 Å². The van der Waals surface area contributed by atoms with Crippen LogP contribution in [0.1, 0.15) is 22.5 Å². The zero-order valence-electron chi connectivity index (χ0n) is 9.15. The highest BCUT2D eigenvalue weighted by molar-refractivity contribution is 6.33. The molecule has 19 heavy (non-hydrogen) atoms. The Bertz CT molecular complexity index is 626. The molecule has 0 radical (unpaired) electrons. The number of nitrogens with zero attached hydrogens (tertiary/aromatic N) is 2. The summed E-state index contributed by atoms with van der Waals surface area (Å²) in [5, 5.41) is 12.5. The van der Waals surface area contributed by atoms with E-state index in [0.717, 1.165) is 4.68 Å². The lowest BCUT2D eigenvalue weighted by Gasteiger charge is -2.02. The molecule has 0 saturated heterocycles. The number of halogens is 4. The number of rotatable bonds is 3. The van der Waals surface area contributed by atoms with E-state index in [9.17, 15) is 13.6 Å². The zero-order chi connectivity index (χ0) is 14.2. The van der Waals surface area contributed by atoms with E-state index in [1.807, 2.05) is 0 Å². The van der Waals surface area contributed by atoms with E-state index in [2.05, 4.69) is 5.10 Å². The summed E-state index contributed by atoms with van der Waals surface area (Å²) in [7, 11) is 0. The molecule has 2 rings (SSSR count). The van der Waals surface area contributed by atoms with Crippen LogP contribution >= 0.6 is 23.2 Å². The minimum atomic E-state index is -3.03. The Morgan fingerprint density at radius 2 is 1.84 bits per heavy atom. The summed E-state index contributed by atoms with van der Waals surface area (Å²) >= 11 is 11.5. The van der Waals surface area contributed by atoms with Crippen LogP contribution in [0, 0.1) is 0 Å². The monoisotopic (exact) mass is 306 g/mol. The second kappa shape index (κ2) is 5.14. The SMILES string of the molecule is O=C(O)c1c(C(F)F)nn(-c2ccc(Cl)cc2)c1Cl. The first-order valence-corrected chi connectivity index (χ1v) is 5.73. The highest BCUT2D eigenvalue weighted by Crippen LogP contribution is 2.30. The number of aromatic nitrogens is 2. The lowest BCUT2D eigenvalue weighted by atomic mass is 10.2. The molecule has 0 aliphatic heterocycles. The van der Waals surface area contributed by atoms with Gasteiger partial charge < -0.3 is 5.11 Å². The minimum Gasteiger partial charge on any atom is -0.478 e. The molecule has 0 fully saturated rings. The van der Waals surface area contributed by atoms with E-state index in [1.54, 1.807) is 0 Å². The van der Waals surface area contributed by atoms with Gasteiger partial charge in [-0.05, 0) is 24.3 Å². The van der Waals surface area contributed by atoms with Crippen molar-refractivity contribution in [3.8, 4) is 5.69 Å². The van der Waals surface area contributed by atoms with Gasteiger partial charge in [-0.2, -0.15) is 5.10 Å². The maximum Gasteiger partial charge on any atom is 0.341 e. The van der Waals surface area contributed by atoms with Crippen molar-refractivity contribution in [2.45, 2.75) is 6.43 Å². The number of carbonyl (C=O) groups is 1. The highest BCUT2D eigenvalue weighted by atomic mass is 35.5. The third kappa shape index (κ3) is 2.54. The summed E-state index contributed by atoms with van der Waals surface area (Å²) in [6, 6.07) is 6.00. The van der Waals surface area contributed by atoms with Crippen molar-refractivity contribution >= 4 is 29.2 Å². The summed E-state index contributed by atoms with van der Waals surface area (Å²) in [6.07, 6.45) is -3.03. The van der Waals surface area contributed by atoms with Crippen LogP contribution in [0.4, 0.5) is 8.78 Å². The fraction of sp³-hybridized carbons (Fsp3) is 0.0909. The molecule has 4 nitrogen and oxygen atoms in total. The van der Waals surface area contributed by atoms with Crippen LogP contribution < -0.4 is 0 Å². The van der Waals surface area contributed by atoms with Gasteiger partial charge in [0.05, 0.1) is 5.69 Å². The summed E-state index contributed by atoms with van der Waals surface area (Å²) in [4.78, 5) is 11.0. The van der Waals surface area contributed by atoms with Crippen LogP contribution in [0.3, 0.4) is 0 Å². The summed E-state index contributed by atoms with van der Waals surface area (Å²) < 4.78 is 26.4. The van der Waals surface area contributed by atoms with Crippen molar-refractivity contribution < 1.29 is 18.7 Å². The molecule has 1 N–H and O–H groups in total. The number of hydrogen-bond donors (Lipinski definition) is 1. The molecular weight excluding hydrogens is 301 g/mol. The van der Waals surface area contributed by atoms with Gasteiger partial charge in [-0.1, -0.05) is 23.2 Å². The van der Waals surface area contributed by atoms with E-state index in [-0.39, 0.29) is 5.15 Å². The predicted molar refractivity (Wildman–Crippen MR) is 65.5 cm³/mol. The first-order valence-electron chi connectivity index (χ1n) is 4.97. The standard InChI is InChI=1S/C11H6Cl2F2N2O2/c12-5-1-3-6(4-2-5)17-9(13)7(11(18)19)8(16-17)10(14)15/h1-4,10H,(H,18,19). The van der Waals surface area contributed by atoms with Crippen molar-refractivity contribution in [2.75, 3.05) is 0 Å². The van der Waals surface area contributed by atoms with E-state index in [0.29, 0.717) is 10.7 Å². The van der Waals surface area contributed by atoms with Gasteiger partial charge >= 0.3 is 5.97 Å². The Hall–Kier alpha value is -1.66. The predicted octanol–water partition coefficient (Wildman–Crippen LogP) is 3.81. The highest BCUT2D eigenvalue weighted by Gasteiger charge is 2.28. The Morgan fingerprint density at radius 3 is 2.26 bits per heavy atom. The number of carboxylic acid groups (broad SMARTS) is 1. The van der Waals surface area contributed by atoms with Crippen LogP contribution in [0.5, 0.6) is 0 Å². The minimum absolute atomic E-state index is 0.337. The fourth-order valence-corrected chi connectivity index (χ4v) is 1.96. The molecule has 2 aromatic rings. The summed E-state index contributed by atoms with van der Waals surface area (Å²) in [6.45, 7) is 0. The van der Waals surface area contributed by atoms with Crippen LogP contribution in [0.2, 0.25) is 10.2 Å². The molecule has 0 bridgehead atoms. The van der Waals surface area contributed by atoms with Gasteiger partial charge in [0.25, 0.3) is 6.43 Å². The molecule has 100 valence electrons. The van der Waals surface area contributed by atoms with Gasteiger partial charge in [-0.15, -0.1) is 0 Å². The van der Waals surface area contributed by atoms with Gasteiger partial charge in [0, 0.05) is 5.02 Å². The largest absolute Gasteiger partial charge is 0.478 e. The molecule has 1 aromatic carbocycles. The van der Waals surface area contributed by atoms with Gasteiger partial charge in [0.1, 0.15) is 16.4 Å². The van der Waals surface area contributed by atoms with Gasteiger partial charge in [-0.25, -0.2) is 18.3 Å². The summed E-state index contributed by atoms with van der Waals surface area (Å²) in [5.41, 5.74) is -1.23. The number of carboxylic acids is 1. The van der Waals surface area contributed by atoms with Crippen molar-refractivity contribution in [1.82, 2.24) is 9.78 Å². The Labute approximate surface area is 116 Å². The molecule has 0 aliphatic rings. The van der Waals surface area contributed by atoms with Crippen molar-refractivity contribution in [2.24, 2.45) is 0 Å². The van der Waals surface area contributed by atoms with Crippen molar-refractivity contribution in [3.63, 3.8) is 0 Å². The second-order valence-corrected chi connectivity index (χ2v) is 4.34. The van der Waals surface area contributed by atoms with Gasteiger partial charge in [0.15, 0.2) is 0 Å². The molecule has 8 heteroatoms. The van der Waals surface area contributed by atoms with Gasteiger partial charge in [0.2, 0.25) is 0 Å². The number of hydrogen-bond acceptors (Lipinski definition) is 2. The molecule has 0 saturated carbocycles. The molecule has 1 heterocycles. The lowest BCUT2D eigenvalue weighted by molar-refractivity contribution is 0.0684. The zero-order valence-corrected chi connectivity index (χ0v) is 10.7. The normalized spacial score (nSPS) is 11.0. The van der Waals surface area contributed by atoms with Crippen LogP contribution in [-0.2, 0) is 0 Å². The maximum atomic E-state index is 12.7. The molecule has 1 aromatic heterocycles. The third-order valence-electron chi connectivity index (χ3n) is 2.35.